The molecular formula is C15H30N2. The number of rotatable bonds is 6. The molecule has 2 aliphatic rings. The Kier molecular flexibility index (Phi) is 4.87. The zero-order valence-electron chi connectivity index (χ0n) is 11.9. The Morgan fingerprint density at radius 3 is 2.53 bits per heavy atom. The normalized spacial score (nSPS) is 34.2. The van der Waals surface area contributed by atoms with Gasteiger partial charge in [0.15, 0.2) is 0 Å². The minimum atomic E-state index is 0.768. The fourth-order valence-electron chi connectivity index (χ4n) is 3.65. The van der Waals surface area contributed by atoms with Crippen LogP contribution in [0.2, 0.25) is 0 Å². The van der Waals surface area contributed by atoms with E-state index in [1.165, 1.54) is 51.5 Å². The monoisotopic (exact) mass is 238 g/mol. The second-order valence-corrected chi connectivity index (χ2v) is 6.29. The van der Waals surface area contributed by atoms with E-state index in [2.05, 4.69) is 31.2 Å². The van der Waals surface area contributed by atoms with Crippen LogP contribution in [0.1, 0.15) is 51.9 Å². The van der Waals surface area contributed by atoms with Gasteiger partial charge in [-0.1, -0.05) is 19.8 Å². The van der Waals surface area contributed by atoms with Gasteiger partial charge in [-0.3, -0.25) is 0 Å². The molecule has 0 aliphatic heterocycles. The van der Waals surface area contributed by atoms with Crippen LogP contribution in [-0.4, -0.2) is 37.6 Å². The third kappa shape index (κ3) is 3.69. The van der Waals surface area contributed by atoms with Gasteiger partial charge >= 0.3 is 0 Å². The molecule has 17 heavy (non-hydrogen) atoms. The van der Waals surface area contributed by atoms with E-state index in [0.29, 0.717) is 0 Å². The molecule has 2 aliphatic carbocycles. The van der Waals surface area contributed by atoms with Crippen LogP contribution in [-0.2, 0) is 0 Å². The Balaban J connectivity index is 1.84. The molecule has 0 aromatic rings. The first-order valence-corrected chi connectivity index (χ1v) is 7.62. The second kappa shape index (κ2) is 6.19. The molecule has 100 valence electrons. The van der Waals surface area contributed by atoms with Crippen molar-refractivity contribution in [2.75, 3.05) is 20.6 Å². The molecule has 3 unspecified atom stereocenters. The third-order valence-corrected chi connectivity index (χ3v) is 4.85. The van der Waals surface area contributed by atoms with Gasteiger partial charge in [-0.2, -0.15) is 0 Å². The highest BCUT2D eigenvalue weighted by atomic mass is 15.2. The van der Waals surface area contributed by atoms with Gasteiger partial charge in [0.05, 0.1) is 0 Å². The fraction of sp³-hybridized carbons (Fsp3) is 1.00. The fourth-order valence-corrected chi connectivity index (χ4v) is 3.65. The first-order valence-electron chi connectivity index (χ1n) is 7.62. The van der Waals surface area contributed by atoms with Crippen molar-refractivity contribution in [3.8, 4) is 0 Å². The van der Waals surface area contributed by atoms with E-state index in [1.54, 1.807) is 0 Å². The predicted octanol–water partition coefficient (Wildman–Crippen LogP) is 2.89. The average molecular weight is 238 g/mol. The quantitative estimate of drug-likeness (QED) is 0.765. The number of nitrogens with one attached hydrogen (secondary N) is 1. The summed E-state index contributed by atoms with van der Waals surface area (Å²) < 4.78 is 0. The second-order valence-electron chi connectivity index (χ2n) is 6.29. The first-order chi connectivity index (χ1) is 8.24. The largest absolute Gasteiger partial charge is 0.317 e. The lowest BCUT2D eigenvalue weighted by atomic mass is 9.76. The van der Waals surface area contributed by atoms with Gasteiger partial charge in [0.2, 0.25) is 0 Å². The Labute approximate surface area is 107 Å². The summed E-state index contributed by atoms with van der Waals surface area (Å²) in [7, 11) is 4.47. The maximum atomic E-state index is 3.55. The van der Waals surface area contributed by atoms with Crippen LogP contribution in [0.5, 0.6) is 0 Å². The molecule has 2 rings (SSSR count). The Hall–Kier alpha value is -0.0800. The van der Waals surface area contributed by atoms with Crippen LogP contribution >= 0.6 is 0 Å². The van der Waals surface area contributed by atoms with E-state index >= 15 is 0 Å². The molecule has 2 fully saturated rings. The topological polar surface area (TPSA) is 15.3 Å². The van der Waals surface area contributed by atoms with Crippen molar-refractivity contribution in [2.24, 2.45) is 11.8 Å². The van der Waals surface area contributed by atoms with Crippen molar-refractivity contribution >= 4 is 0 Å². The summed E-state index contributed by atoms with van der Waals surface area (Å²) in [5.74, 6) is 1.89. The molecule has 0 radical (unpaired) electrons. The van der Waals surface area contributed by atoms with Crippen LogP contribution in [0, 0.1) is 11.8 Å². The molecule has 1 N–H and O–H groups in total. The van der Waals surface area contributed by atoms with Crippen LogP contribution < -0.4 is 5.32 Å². The number of nitrogens with zero attached hydrogens (tertiary/aromatic N) is 1. The molecule has 2 heteroatoms. The molecular weight excluding hydrogens is 208 g/mol. The molecule has 2 nitrogen and oxygen atoms in total. The van der Waals surface area contributed by atoms with Crippen molar-refractivity contribution in [3.63, 3.8) is 0 Å². The maximum absolute atomic E-state index is 3.55. The standard InChI is InChI=1S/C15H30N2/c1-4-5-12-6-9-15(16-2)13(10-12)11-17(3)14-7-8-14/h12-16H,4-11H2,1-3H3. The van der Waals surface area contributed by atoms with Crippen molar-refractivity contribution in [3.05, 3.63) is 0 Å². The molecule has 0 aromatic carbocycles. The summed E-state index contributed by atoms with van der Waals surface area (Å²) in [6.07, 6.45) is 9.97. The first kappa shape index (κ1) is 13.4. The summed E-state index contributed by atoms with van der Waals surface area (Å²) >= 11 is 0. The summed E-state index contributed by atoms with van der Waals surface area (Å²) in [6.45, 7) is 3.64. The molecule has 2 saturated carbocycles. The van der Waals surface area contributed by atoms with Crippen LogP contribution in [0.3, 0.4) is 0 Å². The van der Waals surface area contributed by atoms with Gasteiger partial charge in [0.25, 0.3) is 0 Å². The van der Waals surface area contributed by atoms with Gasteiger partial charge in [-0.05, 0) is 58.0 Å². The van der Waals surface area contributed by atoms with Gasteiger partial charge < -0.3 is 10.2 Å². The maximum Gasteiger partial charge on any atom is 0.0105 e. The van der Waals surface area contributed by atoms with E-state index in [-0.39, 0.29) is 0 Å². The average Bonchev–Trinajstić information content (AvgIpc) is 3.13. The molecule has 3 atom stereocenters. The molecule has 0 aromatic heterocycles. The summed E-state index contributed by atoms with van der Waals surface area (Å²) in [5.41, 5.74) is 0. The van der Waals surface area contributed by atoms with Gasteiger partial charge in [-0.15, -0.1) is 0 Å². The lowest BCUT2D eigenvalue weighted by molar-refractivity contribution is 0.150. The van der Waals surface area contributed by atoms with Gasteiger partial charge in [-0.25, -0.2) is 0 Å². The smallest absolute Gasteiger partial charge is 0.0105 e. The zero-order valence-corrected chi connectivity index (χ0v) is 11.9. The SMILES string of the molecule is CCCC1CCC(NC)C(CN(C)C2CC2)C1. The number of hydrogen-bond acceptors (Lipinski definition) is 2. The lowest BCUT2D eigenvalue weighted by Gasteiger charge is -2.38. The van der Waals surface area contributed by atoms with Crippen LogP contribution in [0.25, 0.3) is 0 Å². The summed E-state index contributed by atoms with van der Waals surface area (Å²) in [5, 5.41) is 3.55. The zero-order chi connectivity index (χ0) is 12.3. The predicted molar refractivity (Wildman–Crippen MR) is 74.2 cm³/mol. The summed E-state index contributed by atoms with van der Waals surface area (Å²) in [6, 6.07) is 1.68. The highest BCUT2D eigenvalue weighted by Crippen LogP contribution is 2.34. The van der Waals surface area contributed by atoms with Gasteiger partial charge in [0.1, 0.15) is 0 Å². The minimum absolute atomic E-state index is 0.768. The van der Waals surface area contributed by atoms with E-state index in [1.807, 2.05) is 0 Å². The van der Waals surface area contributed by atoms with Crippen molar-refractivity contribution in [2.45, 2.75) is 64.0 Å². The molecule has 0 amide bonds. The summed E-state index contributed by atoms with van der Waals surface area (Å²) in [4.78, 5) is 2.61. The highest BCUT2D eigenvalue weighted by Gasteiger charge is 2.33. The van der Waals surface area contributed by atoms with Crippen molar-refractivity contribution in [1.29, 1.82) is 0 Å². The van der Waals surface area contributed by atoms with Gasteiger partial charge in [0, 0.05) is 18.6 Å². The molecule has 0 heterocycles. The Bertz CT molecular complexity index is 225. The van der Waals surface area contributed by atoms with E-state index in [9.17, 15) is 0 Å². The Morgan fingerprint density at radius 2 is 1.94 bits per heavy atom. The van der Waals surface area contributed by atoms with Crippen LogP contribution in [0.4, 0.5) is 0 Å². The molecule has 0 bridgehead atoms. The van der Waals surface area contributed by atoms with Crippen molar-refractivity contribution in [1.82, 2.24) is 10.2 Å². The van der Waals surface area contributed by atoms with E-state index < -0.39 is 0 Å². The Morgan fingerprint density at radius 1 is 1.18 bits per heavy atom. The van der Waals surface area contributed by atoms with E-state index in [4.69, 9.17) is 0 Å². The molecule has 0 spiro atoms. The molecule has 0 saturated heterocycles. The van der Waals surface area contributed by atoms with Crippen LogP contribution in [0.15, 0.2) is 0 Å². The van der Waals surface area contributed by atoms with Crippen molar-refractivity contribution < 1.29 is 0 Å². The minimum Gasteiger partial charge on any atom is -0.317 e. The lowest BCUT2D eigenvalue weighted by Crippen LogP contribution is -2.44. The third-order valence-electron chi connectivity index (χ3n) is 4.85. The van der Waals surface area contributed by atoms with E-state index in [0.717, 1.165) is 23.9 Å². The highest BCUT2D eigenvalue weighted by molar-refractivity contribution is 4.89. The number of hydrogen-bond donors (Lipinski definition) is 1.